The Hall–Kier alpha value is -1.18. The molecule has 0 bridgehead atoms. The third-order valence-corrected chi connectivity index (χ3v) is 2.50. The Morgan fingerprint density at radius 3 is 2.00 bits per heavy atom. The van der Waals surface area contributed by atoms with Gasteiger partial charge in [-0.1, -0.05) is 0 Å². The molecule has 19 heavy (non-hydrogen) atoms. The summed E-state index contributed by atoms with van der Waals surface area (Å²) in [6.07, 6.45) is 0.914. The average Bonchev–Trinajstić information content (AvgIpc) is 2.39. The molecular formula is C13H24N4O2. The van der Waals surface area contributed by atoms with Gasteiger partial charge in [0.2, 0.25) is 0 Å². The van der Waals surface area contributed by atoms with E-state index in [9.17, 15) is 0 Å². The van der Waals surface area contributed by atoms with Crippen LogP contribution >= 0.6 is 0 Å². The van der Waals surface area contributed by atoms with Gasteiger partial charge in [-0.25, -0.2) is 0 Å². The van der Waals surface area contributed by atoms with Gasteiger partial charge < -0.3 is 15.2 Å². The van der Waals surface area contributed by atoms with E-state index in [0.29, 0.717) is 52.2 Å². The first kappa shape index (κ1) is 17.8. The molecule has 0 spiro atoms. The van der Waals surface area contributed by atoms with Crippen molar-refractivity contribution in [1.82, 2.24) is 4.90 Å². The lowest BCUT2D eigenvalue weighted by atomic mass is 10.3. The van der Waals surface area contributed by atoms with Crippen molar-refractivity contribution in [3.8, 4) is 12.1 Å². The molecule has 6 nitrogen and oxygen atoms in total. The van der Waals surface area contributed by atoms with E-state index in [1.165, 1.54) is 0 Å². The highest BCUT2D eigenvalue weighted by atomic mass is 16.7. The molecule has 0 heterocycles. The average molecular weight is 268 g/mol. The lowest BCUT2D eigenvalue weighted by Gasteiger charge is -2.27. The van der Waals surface area contributed by atoms with Gasteiger partial charge in [0.25, 0.3) is 0 Å². The Labute approximate surface area is 115 Å². The monoisotopic (exact) mass is 268 g/mol. The fourth-order valence-electron chi connectivity index (χ4n) is 1.52. The van der Waals surface area contributed by atoms with Gasteiger partial charge in [-0.15, -0.1) is 0 Å². The Balaban J connectivity index is 3.96. The first-order valence-corrected chi connectivity index (χ1v) is 6.50. The predicted octanol–water partition coefficient (Wildman–Crippen LogP) is 0.844. The molecule has 2 N–H and O–H groups in total. The van der Waals surface area contributed by atoms with E-state index in [4.69, 9.17) is 25.7 Å². The van der Waals surface area contributed by atoms with Gasteiger partial charge in [-0.2, -0.15) is 10.5 Å². The molecule has 0 rings (SSSR count). The van der Waals surface area contributed by atoms with Crippen LogP contribution in [0.5, 0.6) is 0 Å². The highest BCUT2D eigenvalue weighted by Crippen LogP contribution is 2.10. The van der Waals surface area contributed by atoms with Crippen LogP contribution in [0.1, 0.15) is 26.7 Å². The van der Waals surface area contributed by atoms with Gasteiger partial charge in [-0.05, 0) is 13.8 Å². The van der Waals surface area contributed by atoms with E-state index in [-0.39, 0.29) is 0 Å². The molecule has 0 amide bonds. The molecule has 0 aliphatic rings. The van der Waals surface area contributed by atoms with Gasteiger partial charge in [0.05, 0.1) is 25.4 Å². The molecule has 6 heteroatoms. The first-order valence-electron chi connectivity index (χ1n) is 6.50. The maximum absolute atomic E-state index is 8.59. The lowest BCUT2D eigenvalue weighted by Crippen LogP contribution is -2.35. The summed E-state index contributed by atoms with van der Waals surface area (Å²) >= 11 is 0. The Morgan fingerprint density at radius 1 is 1.00 bits per heavy atom. The zero-order valence-electron chi connectivity index (χ0n) is 11.9. The minimum atomic E-state index is -0.657. The Kier molecular flexibility index (Phi) is 10.1. The summed E-state index contributed by atoms with van der Waals surface area (Å²) in [5.74, 6) is -0.657. The second-order valence-electron chi connectivity index (χ2n) is 4.54. The second-order valence-corrected chi connectivity index (χ2v) is 4.54. The van der Waals surface area contributed by atoms with Crippen molar-refractivity contribution >= 4 is 0 Å². The molecule has 108 valence electrons. The van der Waals surface area contributed by atoms with Crippen molar-refractivity contribution in [2.24, 2.45) is 5.73 Å². The van der Waals surface area contributed by atoms with E-state index in [0.717, 1.165) is 0 Å². The number of nitrogens with zero attached hydrogens (tertiary/aromatic N) is 3. The summed E-state index contributed by atoms with van der Waals surface area (Å²) in [6, 6.07) is 4.21. The van der Waals surface area contributed by atoms with Crippen LogP contribution in [0, 0.1) is 22.7 Å². The van der Waals surface area contributed by atoms with Gasteiger partial charge in [0.1, 0.15) is 0 Å². The molecule has 0 aromatic carbocycles. The topological polar surface area (TPSA) is 95.3 Å². The fourth-order valence-corrected chi connectivity index (χ4v) is 1.52. The van der Waals surface area contributed by atoms with E-state index in [1.54, 1.807) is 0 Å². The van der Waals surface area contributed by atoms with Crippen molar-refractivity contribution in [3.05, 3.63) is 0 Å². The molecule has 0 saturated heterocycles. The Bertz CT molecular complexity index is 289. The van der Waals surface area contributed by atoms with Crippen molar-refractivity contribution in [2.75, 3.05) is 39.4 Å². The standard InChI is InChI=1S/C13H24N4O2/c1-13(2,18-11-7-16)19-12-10-17(8-3-5-14)9-4-6-15/h3-4,7-12,16H2,1-2H3. The number of rotatable bonds is 11. The SMILES string of the molecule is CC(C)(OCCN)OCCN(CCC#N)CCC#N. The zero-order valence-corrected chi connectivity index (χ0v) is 11.9. The summed E-state index contributed by atoms with van der Waals surface area (Å²) in [4.78, 5) is 2.05. The number of hydrogen-bond donors (Lipinski definition) is 1. The molecule has 0 aliphatic heterocycles. The van der Waals surface area contributed by atoms with E-state index in [1.807, 2.05) is 18.7 Å². The van der Waals surface area contributed by atoms with Crippen LogP contribution in [0.25, 0.3) is 0 Å². The van der Waals surface area contributed by atoms with Crippen molar-refractivity contribution in [2.45, 2.75) is 32.5 Å². The van der Waals surface area contributed by atoms with Crippen molar-refractivity contribution in [1.29, 1.82) is 10.5 Å². The molecule has 0 saturated carbocycles. The largest absolute Gasteiger partial charge is 0.349 e. The Morgan fingerprint density at radius 2 is 1.53 bits per heavy atom. The van der Waals surface area contributed by atoms with E-state index in [2.05, 4.69) is 12.1 Å². The number of ether oxygens (including phenoxy) is 2. The summed E-state index contributed by atoms with van der Waals surface area (Å²) in [5, 5.41) is 17.2. The van der Waals surface area contributed by atoms with Crippen LogP contribution in [0.2, 0.25) is 0 Å². The maximum Gasteiger partial charge on any atom is 0.162 e. The van der Waals surface area contributed by atoms with Crippen LogP contribution < -0.4 is 5.73 Å². The molecule has 0 fully saturated rings. The lowest BCUT2D eigenvalue weighted by molar-refractivity contribution is -0.213. The van der Waals surface area contributed by atoms with Crippen molar-refractivity contribution in [3.63, 3.8) is 0 Å². The quantitative estimate of drug-likeness (QED) is 0.558. The summed E-state index contributed by atoms with van der Waals surface area (Å²) in [6.45, 7) is 7.10. The zero-order chi connectivity index (χ0) is 14.6. The number of hydrogen-bond acceptors (Lipinski definition) is 6. The van der Waals surface area contributed by atoms with Crippen LogP contribution in [0.15, 0.2) is 0 Å². The molecule has 0 atom stereocenters. The normalized spacial score (nSPS) is 11.3. The maximum atomic E-state index is 8.59. The third-order valence-electron chi connectivity index (χ3n) is 2.50. The molecule has 0 aromatic heterocycles. The third kappa shape index (κ3) is 10.4. The summed E-state index contributed by atoms with van der Waals surface area (Å²) < 4.78 is 11.1. The van der Waals surface area contributed by atoms with Crippen LogP contribution in [-0.4, -0.2) is 50.1 Å². The van der Waals surface area contributed by atoms with Gasteiger partial charge in [0.15, 0.2) is 5.79 Å². The van der Waals surface area contributed by atoms with Gasteiger partial charge >= 0.3 is 0 Å². The predicted molar refractivity (Wildman–Crippen MR) is 71.9 cm³/mol. The molecule has 0 radical (unpaired) electrons. The first-order chi connectivity index (χ1) is 9.05. The molecule has 0 aromatic rings. The van der Waals surface area contributed by atoms with Gasteiger partial charge in [-0.3, -0.25) is 4.90 Å². The van der Waals surface area contributed by atoms with E-state index >= 15 is 0 Å². The summed E-state index contributed by atoms with van der Waals surface area (Å²) in [5.41, 5.74) is 5.37. The van der Waals surface area contributed by atoms with E-state index < -0.39 is 5.79 Å². The smallest absolute Gasteiger partial charge is 0.162 e. The number of nitriles is 2. The minimum absolute atomic E-state index is 0.457. The minimum Gasteiger partial charge on any atom is -0.349 e. The second kappa shape index (κ2) is 10.7. The van der Waals surface area contributed by atoms with Crippen LogP contribution in [0.4, 0.5) is 0 Å². The molecule has 0 aliphatic carbocycles. The highest BCUT2D eigenvalue weighted by molar-refractivity contribution is 4.76. The number of nitrogens with two attached hydrogens (primary N) is 1. The van der Waals surface area contributed by atoms with Crippen molar-refractivity contribution < 1.29 is 9.47 Å². The van der Waals surface area contributed by atoms with Gasteiger partial charge in [0, 0.05) is 39.0 Å². The summed E-state index contributed by atoms with van der Waals surface area (Å²) in [7, 11) is 0. The van der Waals surface area contributed by atoms with Crippen LogP contribution in [0.3, 0.4) is 0 Å². The highest BCUT2D eigenvalue weighted by Gasteiger charge is 2.18. The van der Waals surface area contributed by atoms with Crippen LogP contribution in [-0.2, 0) is 9.47 Å². The fraction of sp³-hybridized carbons (Fsp3) is 0.846. The molecular weight excluding hydrogens is 244 g/mol. The molecule has 0 unspecified atom stereocenters.